The molecule has 0 saturated carbocycles. The Morgan fingerprint density at radius 3 is 2.63 bits per heavy atom. The first-order valence-electron chi connectivity index (χ1n) is 6.61. The predicted octanol–water partition coefficient (Wildman–Crippen LogP) is 1.44. The van der Waals surface area contributed by atoms with E-state index in [2.05, 4.69) is 15.0 Å². The van der Waals surface area contributed by atoms with Crippen LogP contribution in [0, 0.1) is 19.8 Å². The van der Waals surface area contributed by atoms with Crippen LogP contribution >= 0.6 is 0 Å². The molecule has 5 nitrogen and oxygen atoms in total. The monoisotopic (exact) mass is 283 g/mol. The molecule has 1 aromatic heterocycles. The number of piperidine rings is 1. The van der Waals surface area contributed by atoms with Gasteiger partial charge in [-0.05, 0) is 63.4 Å². The van der Waals surface area contributed by atoms with Gasteiger partial charge < -0.3 is 5.32 Å². The lowest BCUT2D eigenvalue weighted by Gasteiger charge is -2.22. The molecule has 0 unspecified atom stereocenters. The van der Waals surface area contributed by atoms with E-state index in [0.717, 1.165) is 37.2 Å². The van der Waals surface area contributed by atoms with Crippen molar-refractivity contribution < 1.29 is 8.42 Å². The molecule has 2 heterocycles. The SMILES string of the molecule is Cc1cc(C)nc(NS(=O)(=O)CC2CCNCC2)c1. The highest BCUT2D eigenvalue weighted by Gasteiger charge is 2.21. The lowest BCUT2D eigenvalue weighted by atomic mass is 10.0. The molecule has 0 spiro atoms. The van der Waals surface area contributed by atoms with Crippen LogP contribution < -0.4 is 10.0 Å². The van der Waals surface area contributed by atoms with E-state index in [-0.39, 0.29) is 11.7 Å². The summed E-state index contributed by atoms with van der Waals surface area (Å²) >= 11 is 0. The molecule has 19 heavy (non-hydrogen) atoms. The molecule has 1 saturated heterocycles. The molecular formula is C13H21N3O2S. The van der Waals surface area contributed by atoms with Crippen molar-refractivity contribution >= 4 is 15.8 Å². The lowest BCUT2D eigenvalue weighted by molar-refractivity contribution is 0.402. The number of aromatic nitrogens is 1. The first-order valence-corrected chi connectivity index (χ1v) is 8.26. The lowest BCUT2D eigenvalue weighted by Crippen LogP contribution is -2.33. The zero-order valence-electron chi connectivity index (χ0n) is 11.4. The van der Waals surface area contributed by atoms with Gasteiger partial charge in [0.2, 0.25) is 10.0 Å². The molecule has 1 aliphatic rings. The van der Waals surface area contributed by atoms with Crippen molar-refractivity contribution in [2.45, 2.75) is 26.7 Å². The van der Waals surface area contributed by atoms with Crippen LogP contribution in [0.5, 0.6) is 0 Å². The van der Waals surface area contributed by atoms with Gasteiger partial charge in [0.15, 0.2) is 0 Å². The first kappa shape index (κ1) is 14.3. The molecule has 1 aromatic rings. The number of nitrogens with zero attached hydrogens (tertiary/aromatic N) is 1. The van der Waals surface area contributed by atoms with E-state index in [1.807, 2.05) is 19.9 Å². The summed E-state index contributed by atoms with van der Waals surface area (Å²) in [6.45, 7) is 5.60. The average molecular weight is 283 g/mol. The molecule has 2 rings (SSSR count). The molecule has 6 heteroatoms. The topological polar surface area (TPSA) is 71.1 Å². The quantitative estimate of drug-likeness (QED) is 0.877. The van der Waals surface area contributed by atoms with Gasteiger partial charge in [0.05, 0.1) is 5.75 Å². The molecule has 0 radical (unpaired) electrons. The summed E-state index contributed by atoms with van der Waals surface area (Å²) in [5, 5.41) is 3.24. The number of hydrogen-bond acceptors (Lipinski definition) is 4. The second kappa shape index (κ2) is 5.88. The first-order chi connectivity index (χ1) is 8.94. The normalized spacial score (nSPS) is 17.4. The van der Waals surface area contributed by atoms with E-state index in [1.165, 1.54) is 0 Å². The smallest absolute Gasteiger partial charge is 0.234 e. The van der Waals surface area contributed by atoms with Crippen LogP contribution in [0.2, 0.25) is 0 Å². The minimum Gasteiger partial charge on any atom is -0.317 e. The molecule has 106 valence electrons. The van der Waals surface area contributed by atoms with Crippen molar-refractivity contribution in [3.05, 3.63) is 23.4 Å². The Morgan fingerprint density at radius 2 is 2.00 bits per heavy atom. The number of hydrogen-bond donors (Lipinski definition) is 2. The minimum atomic E-state index is -3.31. The third-order valence-corrected chi connectivity index (χ3v) is 4.70. The van der Waals surface area contributed by atoms with Crippen molar-refractivity contribution in [1.29, 1.82) is 0 Å². The highest BCUT2D eigenvalue weighted by atomic mass is 32.2. The number of nitrogens with one attached hydrogen (secondary N) is 2. The Morgan fingerprint density at radius 1 is 1.32 bits per heavy atom. The zero-order valence-corrected chi connectivity index (χ0v) is 12.3. The molecule has 1 aliphatic heterocycles. The van der Waals surface area contributed by atoms with Gasteiger partial charge in [-0.1, -0.05) is 0 Å². The Labute approximate surface area is 114 Å². The number of pyridine rings is 1. The largest absolute Gasteiger partial charge is 0.317 e. The Bertz CT molecular complexity index is 517. The van der Waals surface area contributed by atoms with Crippen molar-refractivity contribution in [2.75, 3.05) is 23.6 Å². The number of anilines is 1. The van der Waals surface area contributed by atoms with Gasteiger partial charge in [0, 0.05) is 5.69 Å². The summed E-state index contributed by atoms with van der Waals surface area (Å²) in [5.41, 5.74) is 1.83. The zero-order chi connectivity index (χ0) is 13.9. The average Bonchev–Trinajstić information content (AvgIpc) is 2.27. The second-order valence-electron chi connectivity index (χ2n) is 5.25. The number of aryl methyl sites for hydroxylation is 2. The van der Waals surface area contributed by atoms with Gasteiger partial charge in [-0.15, -0.1) is 0 Å². The van der Waals surface area contributed by atoms with E-state index in [9.17, 15) is 8.42 Å². The molecule has 0 amide bonds. The summed E-state index contributed by atoms with van der Waals surface area (Å²) in [4.78, 5) is 4.21. The van der Waals surface area contributed by atoms with E-state index in [1.54, 1.807) is 6.07 Å². The van der Waals surface area contributed by atoms with Gasteiger partial charge in [-0.2, -0.15) is 0 Å². The number of rotatable bonds is 4. The van der Waals surface area contributed by atoms with Crippen LogP contribution in [-0.4, -0.2) is 32.2 Å². The maximum atomic E-state index is 12.1. The second-order valence-corrected chi connectivity index (χ2v) is 7.01. The molecule has 2 N–H and O–H groups in total. The van der Waals surface area contributed by atoms with Gasteiger partial charge in [-0.3, -0.25) is 4.72 Å². The standard InChI is InChI=1S/C13H21N3O2S/c1-10-7-11(2)15-13(8-10)16-19(17,18)9-12-3-5-14-6-4-12/h7-8,12,14H,3-6,9H2,1-2H3,(H,15,16). The van der Waals surface area contributed by atoms with Crippen LogP contribution in [0.1, 0.15) is 24.1 Å². The van der Waals surface area contributed by atoms with Crippen LogP contribution in [0.4, 0.5) is 5.82 Å². The summed E-state index contributed by atoms with van der Waals surface area (Å²) in [6, 6.07) is 3.68. The van der Waals surface area contributed by atoms with Gasteiger partial charge in [0.1, 0.15) is 5.82 Å². The van der Waals surface area contributed by atoms with Crippen molar-refractivity contribution in [3.8, 4) is 0 Å². The summed E-state index contributed by atoms with van der Waals surface area (Å²) < 4.78 is 26.8. The minimum absolute atomic E-state index is 0.184. The highest BCUT2D eigenvalue weighted by molar-refractivity contribution is 7.92. The van der Waals surface area contributed by atoms with E-state index in [0.29, 0.717) is 5.82 Å². The van der Waals surface area contributed by atoms with Crippen LogP contribution in [0.3, 0.4) is 0 Å². The molecule has 0 aromatic carbocycles. The van der Waals surface area contributed by atoms with Gasteiger partial charge >= 0.3 is 0 Å². The summed E-state index contributed by atoms with van der Waals surface area (Å²) in [7, 11) is -3.31. The molecule has 0 aliphatic carbocycles. The van der Waals surface area contributed by atoms with Crippen LogP contribution in [0.25, 0.3) is 0 Å². The molecule has 0 bridgehead atoms. The maximum absolute atomic E-state index is 12.1. The Hall–Kier alpha value is -1.14. The van der Waals surface area contributed by atoms with Gasteiger partial charge in [-0.25, -0.2) is 13.4 Å². The van der Waals surface area contributed by atoms with Crippen LogP contribution in [0.15, 0.2) is 12.1 Å². The van der Waals surface area contributed by atoms with Crippen LogP contribution in [-0.2, 0) is 10.0 Å². The van der Waals surface area contributed by atoms with E-state index < -0.39 is 10.0 Å². The molecule has 0 atom stereocenters. The van der Waals surface area contributed by atoms with Crippen molar-refractivity contribution in [2.24, 2.45) is 5.92 Å². The number of sulfonamides is 1. The van der Waals surface area contributed by atoms with Crippen molar-refractivity contribution in [3.63, 3.8) is 0 Å². The van der Waals surface area contributed by atoms with E-state index >= 15 is 0 Å². The Kier molecular flexibility index (Phi) is 4.42. The third kappa shape index (κ3) is 4.47. The highest BCUT2D eigenvalue weighted by Crippen LogP contribution is 2.16. The summed E-state index contributed by atoms with van der Waals surface area (Å²) in [5.74, 6) is 0.847. The van der Waals surface area contributed by atoms with Crippen molar-refractivity contribution in [1.82, 2.24) is 10.3 Å². The fourth-order valence-corrected chi connectivity index (χ4v) is 3.91. The summed E-state index contributed by atoms with van der Waals surface area (Å²) in [6.07, 6.45) is 1.84. The fraction of sp³-hybridized carbons (Fsp3) is 0.615. The Balaban J connectivity index is 2.03. The fourth-order valence-electron chi connectivity index (χ4n) is 2.45. The van der Waals surface area contributed by atoms with E-state index in [4.69, 9.17) is 0 Å². The van der Waals surface area contributed by atoms with Gasteiger partial charge in [0.25, 0.3) is 0 Å². The third-order valence-electron chi connectivity index (χ3n) is 3.27. The maximum Gasteiger partial charge on any atom is 0.234 e. The molecule has 1 fully saturated rings. The predicted molar refractivity (Wildman–Crippen MR) is 76.7 cm³/mol. The molecular weight excluding hydrogens is 262 g/mol.